The van der Waals surface area contributed by atoms with Crippen LogP contribution in [0, 0.1) is 23.7 Å². The molecule has 0 radical (unpaired) electrons. The molecule has 0 amide bonds. The van der Waals surface area contributed by atoms with Gasteiger partial charge >= 0.3 is 11.9 Å². The third-order valence-corrected chi connectivity index (χ3v) is 15.3. The molecule has 16 heteroatoms. The molecule has 1 aromatic carbocycles. The average Bonchev–Trinajstić information content (AvgIpc) is 3.28. The third-order valence-electron chi connectivity index (χ3n) is 15.3. The summed E-state index contributed by atoms with van der Waals surface area (Å²) in [4.78, 5) is 31.8. The number of cyclic esters (lactones) is 1. The highest BCUT2D eigenvalue weighted by atomic mass is 16.7. The molecule has 0 bridgehead atoms. The monoisotopic (exact) mass is 981 g/mol. The molecule has 3 saturated heterocycles. The van der Waals surface area contributed by atoms with E-state index in [0.29, 0.717) is 31.8 Å². The first-order valence-corrected chi connectivity index (χ1v) is 25.6. The molecule has 1 aromatic rings. The van der Waals surface area contributed by atoms with E-state index in [-0.39, 0.29) is 49.9 Å². The standard InChI is InChI=1S/C53H92N2O14/c1-17-41-53(13,62)45(57)36(9)55(23-18-24-64-48(59)33(6)39-21-19-38(20-22-39)25-30(2)3)29-31(4)27-51(11,61)47(69-50-43(56)40(54(14)15)26-32(5)65-50)34(7)44(35(8)49(60)67-41)68-42-28-52(12,63-16)46(58)37(10)66-42/h19-22,30-37,40-47,50,56-58,61-62H,17-18,23-29H2,1-16H3/t31-,32-,33-,34+,35-,36-,37+,40+,41-,42+,43-,44+,45-,46+,47-,50+,51-,52-,53-/m1/s1. The van der Waals surface area contributed by atoms with Gasteiger partial charge in [-0.05, 0) is 125 Å². The molecule has 69 heavy (non-hydrogen) atoms. The van der Waals surface area contributed by atoms with Gasteiger partial charge in [0, 0.05) is 44.6 Å². The Labute approximate surface area is 413 Å². The van der Waals surface area contributed by atoms with Gasteiger partial charge in [-0.1, -0.05) is 58.9 Å². The zero-order chi connectivity index (χ0) is 51.9. The topological polar surface area (TPSA) is 206 Å². The Hall–Kier alpha value is -2.32. The maximum atomic E-state index is 14.6. The molecular formula is C53H92N2O14. The number of aliphatic hydroxyl groups excluding tert-OH is 3. The smallest absolute Gasteiger partial charge is 0.313 e. The number of benzene rings is 1. The Kier molecular flexibility index (Phi) is 21.5. The van der Waals surface area contributed by atoms with E-state index in [0.717, 1.165) is 12.0 Å². The molecule has 3 aliphatic rings. The summed E-state index contributed by atoms with van der Waals surface area (Å²) in [5.74, 6) is -3.19. The van der Waals surface area contributed by atoms with Gasteiger partial charge in [0.15, 0.2) is 12.6 Å². The minimum atomic E-state index is -1.93. The number of hydrogen-bond acceptors (Lipinski definition) is 16. The van der Waals surface area contributed by atoms with Gasteiger partial charge in [-0.3, -0.25) is 14.5 Å². The number of methoxy groups -OCH3 is 1. The Morgan fingerprint density at radius 3 is 2.14 bits per heavy atom. The van der Waals surface area contributed by atoms with Crippen molar-refractivity contribution in [2.45, 2.75) is 225 Å². The molecule has 0 unspecified atom stereocenters. The van der Waals surface area contributed by atoms with Gasteiger partial charge in [0.1, 0.15) is 30.0 Å². The summed E-state index contributed by atoms with van der Waals surface area (Å²) >= 11 is 0. The van der Waals surface area contributed by atoms with Crippen LogP contribution in [0.2, 0.25) is 0 Å². The number of likely N-dealkylation sites (N-methyl/N-ethyl adjacent to an activating group) is 1. The summed E-state index contributed by atoms with van der Waals surface area (Å²) in [6.07, 6.45) is -7.71. The van der Waals surface area contributed by atoms with Crippen LogP contribution in [0.15, 0.2) is 24.3 Å². The van der Waals surface area contributed by atoms with Crippen molar-refractivity contribution >= 4 is 11.9 Å². The minimum Gasteiger partial charge on any atom is -0.465 e. The quantitative estimate of drug-likeness (QED) is 0.113. The number of carbonyl (C=O) groups excluding carboxylic acids is 2. The normalized spacial score (nSPS) is 40.7. The highest BCUT2D eigenvalue weighted by Crippen LogP contribution is 2.40. The van der Waals surface area contributed by atoms with Crippen molar-refractivity contribution in [3.8, 4) is 0 Å². The molecule has 0 spiro atoms. The first-order chi connectivity index (χ1) is 32.1. The van der Waals surface area contributed by atoms with Gasteiger partial charge in [-0.15, -0.1) is 0 Å². The number of aliphatic hydroxyl groups is 5. The largest absolute Gasteiger partial charge is 0.465 e. The Morgan fingerprint density at radius 1 is 0.928 bits per heavy atom. The highest BCUT2D eigenvalue weighted by Gasteiger charge is 2.53. The molecule has 0 aliphatic carbocycles. The molecular weight excluding hydrogens is 889 g/mol. The summed E-state index contributed by atoms with van der Waals surface area (Å²) in [5, 5.41) is 60.1. The fraction of sp³-hybridized carbons (Fsp3) is 0.849. The summed E-state index contributed by atoms with van der Waals surface area (Å²) in [7, 11) is 5.26. The van der Waals surface area contributed by atoms with Crippen LogP contribution in [-0.2, 0) is 49.2 Å². The van der Waals surface area contributed by atoms with E-state index in [1.54, 1.807) is 41.5 Å². The summed E-state index contributed by atoms with van der Waals surface area (Å²) < 4.78 is 43.9. The van der Waals surface area contributed by atoms with Crippen molar-refractivity contribution in [2.75, 3.05) is 40.9 Å². The van der Waals surface area contributed by atoms with Gasteiger partial charge in [0.05, 0.1) is 54.1 Å². The fourth-order valence-electron chi connectivity index (χ4n) is 11.0. The number of carbonyl (C=O) groups is 2. The molecule has 3 aliphatic heterocycles. The van der Waals surface area contributed by atoms with Crippen molar-refractivity contribution in [2.24, 2.45) is 23.7 Å². The van der Waals surface area contributed by atoms with Crippen LogP contribution in [0.4, 0.5) is 0 Å². The minimum absolute atomic E-state index is 0.0994. The summed E-state index contributed by atoms with van der Waals surface area (Å²) in [5.41, 5.74) is -2.57. The molecule has 16 nitrogen and oxygen atoms in total. The van der Waals surface area contributed by atoms with E-state index in [9.17, 15) is 35.1 Å². The van der Waals surface area contributed by atoms with Gasteiger partial charge in [-0.2, -0.15) is 0 Å². The zero-order valence-electron chi connectivity index (χ0n) is 44.8. The van der Waals surface area contributed by atoms with Gasteiger partial charge in [0.2, 0.25) is 0 Å². The number of rotatable bonds is 15. The lowest BCUT2D eigenvalue weighted by molar-refractivity contribution is -0.318. The highest BCUT2D eigenvalue weighted by molar-refractivity contribution is 5.77. The molecule has 4 rings (SSSR count). The summed E-state index contributed by atoms with van der Waals surface area (Å²) in [6, 6.07) is 7.04. The van der Waals surface area contributed by atoms with Crippen molar-refractivity contribution < 1.29 is 68.3 Å². The molecule has 398 valence electrons. The Bertz CT molecular complexity index is 1750. The zero-order valence-corrected chi connectivity index (χ0v) is 44.8. The lowest BCUT2D eigenvalue weighted by Gasteiger charge is -2.48. The van der Waals surface area contributed by atoms with Crippen LogP contribution in [0.5, 0.6) is 0 Å². The van der Waals surface area contributed by atoms with Crippen LogP contribution in [0.3, 0.4) is 0 Å². The first kappa shape index (κ1) is 59.2. The predicted molar refractivity (Wildman–Crippen MR) is 262 cm³/mol. The van der Waals surface area contributed by atoms with Crippen molar-refractivity contribution in [1.82, 2.24) is 9.80 Å². The maximum Gasteiger partial charge on any atom is 0.313 e. The molecule has 0 saturated carbocycles. The lowest BCUT2D eigenvalue weighted by atomic mass is 9.77. The van der Waals surface area contributed by atoms with Crippen molar-refractivity contribution in [3.05, 3.63) is 35.4 Å². The van der Waals surface area contributed by atoms with Crippen LogP contribution < -0.4 is 0 Å². The van der Waals surface area contributed by atoms with E-state index in [4.69, 9.17) is 33.2 Å². The van der Waals surface area contributed by atoms with E-state index >= 15 is 0 Å². The van der Waals surface area contributed by atoms with Crippen molar-refractivity contribution in [1.29, 1.82) is 0 Å². The second kappa shape index (κ2) is 25.1. The number of hydrogen-bond donors (Lipinski definition) is 5. The van der Waals surface area contributed by atoms with Gasteiger partial charge < -0.3 is 63.6 Å². The first-order valence-electron chi connectivity index (χ1n) is 25.6. The van der Waals surface area contributed by atoms with Crippen molar-refractivity contribution in [3.63, 3.8) is 0 Å². The Balaban J connectivity index is 1.71. The fourth-order valence-corrected chi connectivity index (χ4v) is 11.0. The van der Waals surface area contributed by atoms with Gasteiger partial charge in [0.25, 0.3) is 0 Å². The Morgan fingerprint density at radius 2 is 1.57 bits per heavy atom. The van der Waals surface area contributed by atoms with Gasteiger partial charge in [-0.25, -0.2) is 0 Å². The van der Waals surface area contributed by atoms with Crippen LogP contribution >= 0.6 is 0 Å². The second-order valence-corrected chi connectivity index (χ2v) is 22.3. The van der Waals surface area contributed by atoms with E-state index in [1.807, 2.05) is 63.7 Å². The third kappa shape index (κ3) is 14.9. The SMILES string of the molecule is CC[C@H]1OC(=O)[C@H](C)[C@@H](O[C@H]2C[C@@](C)(OC)[C@@H](O)[C@H](C)O2)[C@H](C)[C@@H](O[C@@H]2O[C@H](C)C[C@H](N(C)C)[C@H]2O)[C@](C)(O)C[C@@H](C)CN(CCCOC(=O)[C@H](C)c2ccc(CC(C)C)cc2)[C@H](C)[C@@H](O)[C@]1(C)O. The molecule has 0 aromatic heterocycles. The van der Waals surface area contributed by atoms with E-state index in [1.165, 1.54) is 19.6 Å². The predicted octanol–water partition coefficient (Wildman–Crippen LogP) is 5.21. The molecule has 3 heterocycles. The number of ether oxygens (including phenoxy) is 7. The molecule has 3 fully saturated rings. The van der Waals surface area contributed by atoms with Crippen LogP contribution in [-0.4, -0.2) is 178 Å². The summed E-state index contributed by atoms with van der Waals surface area (Å²) in [6.45, 7) is 24.5. The van der Waals surface area contributed by atoms with E-state index in [2.05, 4.69) is 26.0 Å². The van der Waals surface area contributed by atoms with Crippen LogP contribution in [0.25, 0.3) is 0 Å². The van der Waals surface area contributed by atoms with Crippen LogP contribution in [0.1, 0.15) is 139 Å². The second-order valence-electron chi connectivity index (χ2n) is 22.3. The molecule has 5 N–H and O–H groups in total. The number of esters is 2. The number of nitrogens with zero attached hydrogens (tertiary/aromatic N) is 2. The van der Waals surface area contributed by atoms with E-state index < -0.39 is 102 Å². The average molecular weight is 981 g/mol. The molecule has 19 atom stereocenters. The maximum absolute atomic E-state index is 14.6. The lowest BCUT2D eigenvalue weighted by Crippen LogP contribution is -2.60.